The number of ether oxygens (including phenoxy) is 2. The number of aromatic nitrogens is 2. The Morgan fingerprint density at radius 1 is 1.14 bits per heavy atom. The third-order valence-electron chi connectivity index (χ3n) is 4.13. The van der Waals surface area contributed by atoms with Crippen LogP contribution >= 0.6 is 11.6 Å². The SMILES string of the molecule is O=c1nc(OCc2ccc(Oc3ccc(F)c(F)c3)c(Cl)c2)cc2n1CCN2. The summed E-state index contributed by atoms with van der Waals surface area (Å²) < 4.78 is 38.9. The summed E-state index contributed by atoms with van der Waals surface area (Å²) in [7, 11) is 0. The smallest absolute Gasteiger partial charge is 0.352 e. The second-order valence-electron chi connectivity index (χ2n) is 6.07. The zero-order valence-corrected chi connectivity index (χ0v) is 15.2. The highest BCUT2D eigenvalue weighted by molar-refractivity contribution is 6.32. The van der Waals surface area contributed by atoms with Crippen molar-refractivity contribution in [3.63, 3.8) is 0 Å². The van der Waals surface area contributed by atoms with Gasteiger partial charge in [-0.2, -0.15) is 4.98 Å². The van der Waals surface area contributed by atoms with Crippen LogP contribution in [0.3, 0.4) is 0 Å². The van der Waals surface area contributed by atoms with Gasteiger partial charge in [-0.15, -0.1) is 0 Å². The normalized spacial score (nSPS) is 12.4. The van der Waals surface area contributed by atoms with Crippen LogP contribution in [0.5, 0.6) is 17.4 Å². The Kier molecular flexibility index (Phi) is 4.87. The van der Waals surface area contributed by atoms with Gasteiger partial charge in [0.2, 0.25) is 5.88 Å². The van der Waals surface area contributed by atoms with Gasteiger partial charge in [-0.3, -0.25) is 4.57 Å². The Hall–Kier alpha value is -3.13. The quantitative estimate of drug-likeness (QED) is 0.695. The fourth-order valence-corrected chi connectivity index (χ4v) is 3.00. The Morgan fingerprint density at radius 2 is 2.00 bits per heavy atom. The van der Waals surface area contributed by atoms with Gasteiger partial charge in [0, 0.05) is 25.2 Å². The number of anilines is 1. The van der Waals surface area contributed by atoms with E-state index in [4.69, 9.17) is 21.1 Å². The van der Waals surface area contributed by atoms with Crippen LogP contribution in [-0.2, 0) is 13.2 Å². The molecule has 1 aliphatic rings. The van der Waals surface area contributed by atoms with Gasteiger partial charge in [0.15, 0.2) is 11.6 Å². The van der Waals surface area contributed by atoms with Gasteiger partial charge in [0.1, 0.15) is 23.9 Å². The van der Waals surface area contributed by atoms with Gasteiger partial charge >= 0.3 is 5.69 Å². The van der Waals surface area contributed by atoms with Crippen molar-refractivity contribution in [2.45, 2.75) is 13.2 Å². The minimum atomic E-state index is -1.01. The molecule has 0 saturated heterocycles. The maximum absolute atomic E-state index is 13.3. The fourth-order valence-electron chi connectivity index (χ4n) is 2.76. The summed E-state index contributed by atoms with van der Waals surface area (Å²) in [6.07, 6.45) is 0. The predicted octanol–water partition coefficient (Wildman–Crippen LogP) is 3.97. The van der Waals surface area contributed by atoms with E-state index in [-0.39, 0.29) is 34.7 Å². The van der Waals surface area contributed by atoms with E-state index in [0.717, 1.165) is 17.7 Å². The molecule has 0 aliphatic carbocycles. The number of hydrogen-bond donors (Lipinski definition) is 1. The predicted molar refractivity (Wildman–Crippen MR) is 99.2 cm³/mol. The van der Waals surface area contributed by atoms with Gasteiger partial charge in [0.05, 0.1) is 5.02 Å². The number of benzene rings is 2. The van der Waals surface area contributed by atoms with E-state index in [2.05, 4.69) is 10.3 Å². The average molecular weight is 406 g/mol. The van der Waals surface area contributed by atoms with Crippen LogP contribution in [0.4, 0.5) is 14.6 Å². The second-order valence-corrected chi connectivity index (χ2v) is 6.48. The standard InChI is InChI=1S/C19H14ClF2N3O3/c20-13-7-11(1-4-16(13)28-12-2-3-14(21)15(22)8-12)10-27-18-9-17-23-5-6-25(17)19(26)24-18/h1-4,7-9,23H,5-6,10H2. The van der Waals surface area contributed by atoms with Crippen molar-refractivity contribution in [1.29, 1.82) is 0 Å². The second kappa shape index (κ2) is 7.47. The van der Waals surface area contributed by atoms with Crippen LogP contribution in [0.25, 0.3) is 0 Å². The molecule has 0 saturated carbocycles. The molecule has 4 rings (SSSR count). The highest BCUT2D eigenvalue weighted by atomic mass is 35.5. The first-order valence-corrected chi connectivity index (χ1v) is 8.77. The van der Waals surface area contributed by atoms with Gasteiger partial charge in [-0.05, 0) is 29.8 Å². The zero-order valence-electron chi connectivity index (χ0n) is 14.4. The highest BCUT2D eigenvalue weighted by Crippen LogP contribution is 2.31. The lowest BCUT2D eigenvalue weighted by atomic mass is 10.2. The summed E-state index contributed by atoms with van der Waals surface area (Å²) in [5.74, 6) is -0.673. The van der Waals surface area contributed by atoms with Crippen LogP contribution in [0.2, 0.25) is 5.02 Å². The van der Waals surface area contributed by atoms with Crippen LogP contribution in [0.15, 0.2) is 47.3 Å². The maximum atomic E-state index is 13.3. The van der Waals surface area contributed by atoms with Crippen molar-refractivity contribution in [3.8, 4) is 17.4 Å². The van der Waals surface area contributed by atoms with E-state index in [1.54, 1.807) is 24.3 Å². The molecule has 0 atom stereocenters. The first kappa shape index (κ1) is 18.2. The fraction of sp³-hybridized carbons (Fsp3) is 0.158. The summed E-state index contributed by atoms with van der Waals surface area (Å²) in [6, 6.07) is 9.80. The zero-order chi connectivity index (χ0) is 19.7. The molecule has 6 nitrogen and oxygen atoms in total. The van der Waals surface area contributed by atoms with Gasteiger partial charge in [-0.1, -0.05) is 17.7 Å². The van der Waals surface area contributed by atoms with Crippen molar-refractivity contribution in [1.82, 2.24) is 9.55 Å². The van der Waals surface area contributed by atoms with E-state index < -0.39 is 11.6 Å². The Morgan fingerprint density at radius 3 is 2.79 bits per heavy atom. The Balaban J connectivity index is 1.45. The highest BCUT2D eigenvalue weighted by Gasteiger charge is 2.14. The molecule has 144 valence electrons. The largest absolute Gasteiger partial charge is 0.473 e. The summed E-state index contributed by atoms with van der Waals surface area (Å²) in [4.78, 5) is 15.8. The summed E-state index contributed by atoms with van der Waals surface area (Å²) in [5, 5.41) is 3.35. The van der Waals surface area contributed by atoms with Crippen LogP contribution < -0.4 is 20.5 Å². The molecule has 2 aromatic carbocycles. The molecule has 0 amide bonds. The molecule has 28 heavy (non-hydrogen) atoms. The van der Waals surface area contributed by atoms with Crippen molar-refractivity contribution >= 4 is 17.4 Å². The number of halogens is 3. The maximum Gasteiger partial charge on any atom is 0.352 e. The van der Waals surface area contributed by atoms with E-state index in [0.29, 0.717) is 18.9 Å². The lowest BCUT2D eigenvalue weighted by Gasteiger charge is -2.11. The number of fused-ring (bicyclic) bond motifs is 1. The topological polar surface area (TPSA) is 65.4 Å². The number of nitrogens with one attached hydrogen (secondary N) is 1. The van der Waals surface area contributed by atoms with Crippen molar-refractivity contribution in [2.75, 3.05) is 11.9 Å². The molecule has 0 fully saturated rings. The van der Waals surface area contributed by atoms with Gasteiger partial charge in [0.25, 0.3) is 0 Å². The van der Waals surface area contributed by atoms with Gasteiger partial charge < -0.3 is 14.8 Å². The van der Waals surface area contributed by atoms with Crippen molar-refractivity contribution in [3.05, 3.63) is 75.2 Å². The lowest BCUT2D eigenvalue weighted by Crippen LogP contribution is -2.21. The monoisotopic (exact) mass is 405 g/mol. The first-order valence-electron chi connectivity index (χ1n) is 8.39. The van der Waals surface area contributed by atoms with Crippen molar-refractivity contribution < 1.29 is 18.3 Å². The summed E-state index contributed by atoms with van der Waals surface area (Å²) >= 11 is 6.21. The number of nitrogens with zero attached hydrogens (tertiary/aromatic N) is 2. The van der Waals surface area contributed by atoms with Crippen molar-refractivity contribution in [2.24, 2.45) is 0 Å². The van der Waals surface area contributed by atoms with Crippen LogP contribution in [0, 0.1) is 11.6 Å². The molecule has 0 spiro atoms. The Labute approximate surface area is 163 Å². The average Bonchev–Trinajstić information content (AvgIpc) is 3.14. The summed E-state index contributed by atoms with van der Waals surface area (Å²) in [6.45, 7) is 1.40. The third-order valence-corrected chi connectivity index (χ3v) is 4.43. The molecule has 1 aromatic heterocycles. The number of rotatable bonds is 5. The third kappa shape index (κ3) is 3.77. The minimum absolute atomic E-state index is 0.125. The summed E-state index contributed by atoms with van der Waals surface area (Å²) in [5.41, 5.74) is 0.351. The molecule has 0 radical (unpaired) electrons. The van der Waals surface area contributed by atoms with E-state index in [1.165, 1.54) is 10.6 Å². The molecule has 3 aromatic rings. The minimum Gasteiger partial charge on any atom is -0.473 e. The first-order chi connectivity index (χ1) is 13.5. The lowest BCUT2D eigenvalue weighted by molar-refractivity contribution is 0.291. The van der Waals surface area contributed by atoms with Crippen LogP contribution in [0.1, 0.15) is 5.56 Å². The van der Waals surface area contributed by atoms with E-state index in [1.807, 2.05) is 0 Å². The molecule has 1 aliphatic heterocycles. The van der Waals surface area contributed by atoms with E-state index >= 15 is 0 Å². The molecule has 1 N–H and O–H groups in total. The van der Waals surface area contributed by atoms with Gasteiger partial charge in [-0.25, -0.2) is 13.6 Å². The Bertz CT molecular complexity index is 1100. The molecular formula is C19H14ClF2N3O3. The molecule has 2 heterocycles. The molecule has 0 unspecified atom stereocenters. The van der Waals surface area contributed by atoms with E-state index in [9.17, 15) is 13.6 Å². The van der Waals surface area contributed by atoms with Crippen LogP contribution in [-0.4, -0.2) is 16.1 Å². The molecular weight excluding hydrogens is 392 g/mol. The number of hydrogen-bond acceptors (Lipinski definition) is 5. The molecule has 0 bridgehead atoms. The molecule has 9 heteroatoms.